The van der Waals surface area contributed by atoms with Gasteiger partial charge in [0.2, 0.25) is 5.88 Å². The first-order valence-electron chi connectivity index (χ1n) is 6.64. The van der Waals surface area contributed by atoms with Crippen molar-refractivity contribution >= 4 is 11.5 Å². The number of anilines is 2. The third kappa shape index (κ3) is 4.55. The highest BCUT2D eigenvalue weighted by Crippen LogP contribution is 2.28. The average molecular weight is 267 g/mol. The standard InChI is InChI=1S/C13H25N5O/c1-6-19-13-10(14)12(15-7-8-18(4)5)16-11(17-13)9(2)3/h9H,6-8,14H2,1-5H3,(H,15,16,17). The molecular formula is C13H25N5O. The van der Waals surface area contributed by atoms with E-state index in [1.54, 1.807) is 0 Å². The normalized spacial score (nSPS) is 11.1. The molecule has 0 aromatic carbocycles. The van der Waals surface area contributed by atoms with Gasteiger partial charge in [-0.1, -0.05) is 13.8 Å². The maximum absolute atomic E-state index is 6.03. The van der Waals surface area contributed by atoms with E-state index in [1.807, 2.05) is 34.9 Å². The second-order valence-corrected chi connectivity index (χ2v) is 4.97. The molecule has 0 aliphatic rings. The van der Waals surface area contributed by atoms with Gasteiger partial charge in [-0.15, -0.1) is 0 Å². The molecule has 0 fully saturated rings. The van der Waals surface area contributed by atoms with Crippen molar-refractivity contribution in [3.8, 4) is 5.88 Å². The zero-order valence-electron chi connectivity index (χ0n) is 12.5. The van der Waals surface area contributed by atoms with Gasteiger partial charge in [0.15, 0.2) is 5.82 Å². The second-order valence-electron chi connectivity index (χ2n) is 4.97. The van der Waals surface area contributed by atoms with E-state index in [4.69, 9.17) is 10.5 Å². The molecule has 1 rings (SSSR count). The lowest BCUT2D eigenvalue weighted by molar-refractivity contribution is 0.326. The van der Waals surface area contributed by atoms with Crippen LogP contribution in [0.15, 0.2) is 0 Å². The smallest absolute Gasteiger partial charge is 0.242 e. The number of nitrogens with two attached hydrogens (primary N) is 1. The molecule has 6 heteroatoms. The quantitative estimate of drug-likeness (QED) is 0.780. The summed E-state index contributed by atoms with van der Waals surface area (Å²) in [6, 6.07) is 0. The molecule has 108 valence electrons. The Balaban J connectivity index is 2.93. The molecule has 19 heavy (non-hydrogen) atoms. The summed E-state index contributed by atoms with van der Waals surface area (Å²) in [6.45, 7) is 8.23. The van der Waals surface area contributed by atoms with E-state index in [2.05, 4.69) is 20.2 Å². The number of likely N-dealkylation sites (N-methyl/N-ethyl adjacent to an activating group) is 1. The summed E-state index contributed by atoms with van der Waals surface area (Å²) >= 11 is 0. The molecule has 0 saturated heterocycles. The van der Waals surface area contributed by atoms with Crippen molar-refractivity contribution in [1.82, 2.24) is 14.9 Å². The number of rotatable bonds is 7. The van der Waals surface area contributed by atoms with E-state index in [-0.39, 0.29) is 5.92 Å². The maximum Gasteiger partial charge on any atom is 0.242 e. The van der Waals surface area contributed by atoms with Crippen LogP contribution in [-0.4, -0.2) is 48.7 Å². The summed E-state index contributed by atoms with van der Waals surface area (Å²) in [5, 5.41) is 3.24. The summed E-state index contributed by atoms with van der Waals surface area (Å²) in [4.78, 5) is 10.9. The number of nitrogens with one attached hydrogen (secondary N) is 1. The van der Waals surface area contributed by atoms with Crippen LogP contribution in [0.5, 0.6) is 5.88 Å². The van der Waals surface area contributed by atoms with Gasteiger partial charge in [0.05, 0.1) is 6.61 Å². The van der Waals surface area contributed by atoms with Gasteiger partial charge >= 0.3 is 0 Å². The van der Waals surface area contributed by atoms with Gasteiger partial charge in [-0.25, -0.2) is 4.98 Å². The van der Waals surface area contributed by atoms with Gasteiger partial charge < -0.3 is 20.7 Å². The number of nitrogens with zero attached hydrogens (tertiary/aromatic N) is 3. The summed E-state index contributed by atoms with van der Waals surface area (Å²) in [7, 11) is 4.05. The molecule has 0 saturated carbocycles. The average Bonchev–Trinajstić information content (AvgIpc) is 2.33. The molecule has 1 aromatic rings. The van der Waals surface area contributed by atoms with Crippen LogP contribution in [0.2, 0.25) is 0 Å². The molecule has 0 atom stereocenters. The van der Waals surface area contributed by atoms with Gasteiger partial charge in [-0.3, -0.25) is 0 Å². The van der Waals surface area contributed by atoms with Crippen molar-refractivity contribution in [3.05, 3.63) is 5.82 Å². The molecular weight excluding hydrogens is 242 g/mol. The highest BCUT2D eigenvalue weighted by molar-refractivity contribution is 5.67. The van der Waals surface area contributed by atoms with Crippen LogP contribution in [0.1, 0.15) is 32.5 Å². The Morgan fingerprint density at radius 1 is 1.32 bits per heavy atom. The van der Waals surface area contributed by atoms with Crippen molar-refractivity contribution in [3.63, 3.8) is 0 Å². The fraction of sp³-hybridized carbons (Fsp3) is 0.692. The number of nitrogen functional groups attached to an aromatic ring is 1. The fourth-order valence-electron chi connectivity index (χ4n) is 1.50. The van der Waals surface area contributed by atoms with E-state index < -0.39 is 0 Å². The van der Waals surface area contributed by atoms with Crippen molar-refractivity contribution < 1.29 is 4.74 Å². The van der Waals surface area contributed by atoms with Crippen LogP contribution in [0.4, 0.5) is 11.5 Å². The molecule has 0 amide bonds. The lowest BCUT2D eigenvalue weighted by atomic mass is 10.2. The van der Waals surface area contributed by atoms with E-state index in [0.29, 0.717) is 24.0 Å². The Labute approximate surface area is 115 Å². The number of aromatic nitrogens is 2. The summed E-state index contributed by atoms with van der Waals surface area (Å²) < 4.78 is 5.47. The predicted octanol–water partition coefficient (Wildman–Crippen LogP) is 1.55. The highest BCUT2D eigenvalue weighted by Gasteiger charge is 2.14. The molecule has 3 N–H and O–H groups in total. The predicted molar refractivity (Wildman–Crippen MR) is 78.7 cm³/mol. The molecule has 0 bridgehead atoms. The maximum atomic E-state index is 6.03. The fourth-order valence-corrected chi connectivity index (χ4v) is 1.50. The molecule has 0 aliphatic carbocycles. The summed E-state index contributed by atoms with van der Waals surface area (Å²) in [5.41, 5.74) is 6.51. The highest BCUT2D eigenvalue weighted by atomic mass is 16.5. The monoisotopic (exact) mass is 267 g/mol. The topological polar surface area (TPSA) is 76.3 Å². The van der Waals surface area contributed by atoms with E-state index in [9.17, 15) is 0 Å². The van der Waals surface area contributed by atoms with Gasteiger partial charge in [0, 0.05) is 19.0 Å². The van der Waals surface area contributed by atoms with Crippen LogP contribution in [0.3, 0.4) is 0 Å². The van der Waals surface area contributed by atoms with Crippen LogP contribution >= 0.6 is 0 Å². The zero-order valence-corrected chi connectivity index (χ0v) is 12.5. The Kier molecular flexibility index (Phi) is 5.82. The first-order valence-corrected chi connectivity index (χ1v) is 6.64. The minimum absolute atomic E-state index is 0.231. The summed E-state index contributed by atoms with van der Waals surface area (Å²) in [6.07, 6.45) is 0. The first kappa shape index (κ1) is 15.5. The van der Waals surface area contributed by atoms with Crippen molar-refractivity contribution in [2.24, 2.45) is 0 Å². The van der Waals surface area contributed by atoms with Crippen LogP contribution in [0, 0.1) is 0 Å². The van der Waals surface area contributed by atoms with Crippen molar-refractivity contribution in [2.45, 2.75) is 26.7 Å². The first-order chi connectivity index (χ1) is 8.95. The van der Waals surface area contributed by atoms with Crippen molar-refractivity contribution in [1.29, 1.82) is 0 Å². The lowest BCUT2D eigenvalue weighted by Crippen LogP contribution is -2.22. The van der Waals surface area contributed by atoms with E-state index in [0.717, 1.165) is 18.9 Å². The molecule has 0 radical (unpaired) electrons. The largest absolute Gasteiger partial charge is 0.476 e. The number of hydrogen-bond acceptors (Lipinski definition) is 6. The van der Waals surface area contributed by atoms with Gasteiger partial charge in [-0.2, -0.15) is 4.98 Å². The number of ether oxygens (including phenoxy) is 1. The molecule has 0 unspecified atom stereocenters. The Bertz CT molecular complexity index is 406. The Morgan fingerprint density at radius 2 is 2.00 bits per heavy atom. The summed E-state index contributed by atoms with van der Waals surface area (Å²) in [5.74, 6) is 2.09. The van der Waals surface area contributed by atoms with Crippen LogP contribution in [-0.2, 0) is 0 Å². The van der Waals surface area contributed by atoms with Crippen molar-refractivity contribution in [2.75, 3.05) is 44.8 Å². The second kappa shape index (κ2) is 7.13. The lowest BCUT2D eigenvalue weighted by Gasteiger charge is -2.16. The molecule has 0 spiro atoms. The third-order valence-electron chi connectivity index (χ3n) is 2.58. The van der Waals surface area contributed by atoms with Crippen LogP contribution < -0.4 is 15.8 Å². The third-order valence-corrected chi connectivity index (χ3v) is 2.58. The molecule has 1 heterocycles. The molecule has 0 aliphatic heterocycles. The molecule has 6 nitrogen and oxygen atoms in total. The van der Waals surface area contributed by atoms with Gasteiger partial charge in [0.25, 0.3) is 0 Å². The Hall–Kier alpha value is -1.56. The van der Waals surface area contributed by atoms with Crippen LogP contribution in [0.25, 0.3) is 0 Å². The van der Waals surface area contributed by atoms with E-state index in [1.165, 1.54) is 0 Å². The van der Waals surface area contributed by atoms with E-state index >= 15 is 0 Å². The van der Waals surface area contributed by atoms with Gasteiger partial charge in [0.1, 0.15) is 11.5 Å². The zero-order chi connectivity index (χ0) is 14.4. The minimum Gasteiger partial charge on any atom is -0.476 e. The Morgan fingerprint density at radius 3 is 2.53 bits per heavy atom. The van der Waals surface area contributed by atoms with Gasteiger partial charge in [-0.05, 0) is 21.0 Å². The number of hydrogen-bond donors (Lipinski definition) is 2. The molecule has 1 aromatic heterocycles. The SMILES string of the molecule is CCOc1nc(C(C)C)nc(NCCN(C)C)c1N. The minimum atomic E-state index is 0.231.